The number of hydrogen-bond acceptors (Lipinski definition) is 6. The first-order valence-electron chi connectivity index (χ1n) is 13.0. The number of nitrogens with zero attached hydrogens (tertiary/aromatic N) is 3. The molecule has 1 atom stereocenters. The van der Waals surface area contributed by atoms with Gasteiger partial charge in [-0.05, 0) is 86.6 Å². The first-order chi connectivity index (χ1) is 19.9. The number of fused-ring (bicyclic) bond motifs is 1. The van der Waals surface area contributed by atoms with Gasteiger partial charge in [-0.1, -0.05) is 28.1 Å². The van der Waals surface area contributed by atoms with Crippen molar-refractivity contribution >= 4 is 44.5 Å². The van der Waals surface area contributed by atoms with Crippen LogP contribution in [-0.4, -0.2) is 33.1 Å². The lowest BCUT2D eigenvalue weighted by Crippen LogP contribution is -2.39. The van der Waals surface area contributed by atoms with Crippen LogP contribution >= 0.6 is 15.9 Å². The fourth-order valence-electron chi connectivity index (χ4n) is 4.46. The summed E-state index contributed by atoms with van der Waals surface area (Å²) in [4.78, 5) is 46.0. The highest BCUT2D eigenvalue weighted by Gasteiger charge is 2.28. The van der Waals surface area contributed by atoms with Gasteiger partial charge in [0.1, 0.15) is 11.6 Å². The molecule has 0 spiro atoms. The summed E-state index contributed by atoms with van der Waals surface area (Å²) in [6.45, 7) is 3.94. The summed E-state index contributed by atoms with van der Waals surface area (Å²) < 4.78 is 13.0. The Morgan fingerprint density at radius 3 is 2.44 bits per heavy atom. The molecule has 41 heavy (non-hydrogen) atoms. The number of hydrogen-bond donors (Lipinski definition) is 1. The third-order valence-electron chi connectivity index (χ3n) is 6.54. The minimum absolute atomic E-state index is 0.115. The van der Waals surface area contributed by atoms with Crippen molar-refractivity contribution in [3.8, 4) is 5.69 Å². The topological polar surface area (TPSA) is 107 Å². The molecule has 10 heteroatoms. The number of halogens is 1. The number of aromatic nitrogens is 2. The number of carbonyl (C=O) groups excluding carboxylic acids is 2. The standard InChI is InChI=1S/C31H27BrN4O5/c1-3-40-30(38)21-10-14-23(15-11-21)33-31(39)35(19-25-7-6-18-41-25)20(2)28-34-27-9-5-4-8-26(27)29(37)36(28)24-16-12-22(32)13-17-24/h4-18,20H,3,19H2,1-2H3,(H,33,39). The molecular weight excluding hydrogens is 588 g/mol. The number of nitrogens with one attached hydrogen (secondary N) is 1. The number of esters is 1. The van der Waals surface area contributed by atoms with Crippen molar-refractivity contribution in [2.45, 2.75) is 26.4 Å². The average Bonchev–Trinajstić information content (AvgIpc) is 3.50. The number of rotatable bonds is 8. The molecule has 2 heterocycles. The third kappa shape index (κ3) is 6.07. The molecule has 2 aromatic heterocycles. The molecule has 0 aliphatic rings. The number of carbonyl (C=O) groups is 2. The van der Waals surface area contributed by atoms with Gasteiger partial charge >= 0.3 is 12.0 Å². The van der Waals surface area contributed by atoms with E-state index in [2.05, 4.69) is 21.2 Å². The number of anilines is 1. The fourth-order valence-corrected chi connectivity index (χ4v) is 4.73. The van der Waals surface area contributed by atoms with Crippen molar-refractivity contribution in [3.05, 3.63) is 123 Å². The third-order valence-corrected chi connectivity index (χ3v) is 7.07. The van der Waals surface area contributed by atoms with Crippen LogP contribution in [0.3, 0.4) is 0 Å². The summed E-state index contributed by atoms with van der Waals surface area (Å²) in [6, 6.07) is 23.3. The number of benzene rings is 3. The minimum atomic E-state index is -0.667. The minimum Gasteiger partial charge on any atom is -0.467 e. The quantitative estimate of drug-likeness (QED) is 0.195. The van der Waals surface area contributed by atoms with E-state index in [0.717, 1.165) is 4.47 Å². The number of amides is 2. The molecule has 3 aromatic carbocycles. The van der Waals surface area contributed by atoms with Gasteiger partial charge in [0.2, 0.25) is 0 Å². The summed E-state index contributed by atoms with van der Waals surface area (Å²) in [6.07, 6.45) is 1.54. The van der Waals surface area contributed by atoms with E-state index >= 15 is 0 Å². The van der Waals surface area contributed by atoms with Crippen LogP contribution in [0.25, 0.3) is 16.6 Å². The number of furan rings is 1. The van der Waals surface area contributed by atoms with Gasteiger partial charge in [-0.3, -0.25) is 9.36 Å². The first kappa shape index (κ1) is 27.9. The Morgan fingerprint density at radius 2 is 1.76 bits per heavy atom. The lowest BCUT2D eigenvalue weighted by molar-refractivity contribution is 0.0526. The second-order valence-electron chi connectivity index (χ2n) is 9.22. The lowest BCUT2D eigenvalue weighted by Gasteiger charge is -2.30. The van der Waals surface area contributed by atoms with Crippen LogP contribution in [0.15, 0.2) is 105 Å². The van der Waals surface area contributed by atoms with Crippen molar-refractivity contribution < 1.29 is 18.7 Å². The summed E-state index contributed by atoms with van der Waals surface area (Å²) >= 11 is 3.45. The maximum absolute atomic E-state index is 13.8. The van der Waals surface area contributed by atoms with Gasteiger partial charge < -0.3 is 19.4 Å². The summed E-state index contributed by atoms with van der Waals surface area (Å²) in [5.74, 6) is 0.505. The number of urea groups is 1. The monoisotopic (exact) mass is 614 g/mol. The molecule has 9 nitrogen and oxygen atoms in total. The highest BCUT2D eigenvalue weighted by atomic mass is 79.9. The lowest BCUT2D eigenvalue weighted by atomic mass is 10.1. The molecule has 208 valence electrons. The van der Waals surface area contributed by atoms with Crippen LogP contribution in [0.5, 0.6) is 0 Å². The molecule has 0 aliphatic carbocycles. The molecule has 0 saturated heterocycles. The molecule has 0 saturated carbocycles. The van der Waals surface area contributed by atoms with Gasteiger partial charge in [0.15, 0.2) is 0 Å². The van der Waals surface area contributed by atoms with E-state index in [-0.39, 0.29) is 18.7 Å². The van der Waals surface area contributed by atoms with E-state index in [1.54, 1.807) is 66.4 Å². The Hall–Kier alpha value is -4.70. The van der Waals surface area contributed by atoms with Gasteiger partial charge in [-0.15, -0.1) is 0 Å². The summed E-state index contributed by atoms with van der Waals surface area (Å²) in [7, 11) is 0. The van der Waals surface area contributed by atoms with Crippen LogP contribution in [0.2, 0.25) is 0 Å². The predicted octanol–water partition coefficient (Wildman–Crippen LogP) is 6.71. The molecule has 1 N–H and O–H groups in total. The van der Waals surface area contributed by atoms with Crippen LogP contribution in [0, 0.1) is 0 Å². The van der Waals surface area contributed by atoms with Crippen molar-refractivity contribution in [1.29, 1.82) is 0 Å². The Kier molecular flexibility index (Phi) is 8.30. The van der Waals surface area contributed by atoms with Crippen molar-refractivity contribution in [2.24, 2.45) is 0 Å². The Morgan fingerprint density at radius 1 is 1.02 bits per heavy atom. The van der Waals surface area contributed by atoms with E-state index < -0.39 is 18.0 Å². The maximum atomic E-state index is 13.8. The zero-order chi connectivity index (χ0) is 28.9. The molecule has 0 aliphatic heterocycles. The van der Waals surface area contributed by atoms with Gasteiger partial charge in [0.25, 0.3) is 5.56 Å². The van der Waals surface area contributed by atoms with Crippen molar-refractivity contribution in [3.63, 3.8) is 0 Å². The van der Waals surface area contributed by atoms with Crippen LogP contribution in [-0.2, 0) is 11.3 Å². The van der Waals surface area contributed by atoms with E-state index in [4.69, 9.17) is 14.1 Å². The van der Waals surface area contributed by atoms with Crippen LogP contribution < -0.4 is 10.9 Å². The highest BCUT2D eigenvalue weighted by molar-refractivity contribution is 9.10. The van der Waals surface area contributed by atoms with Crippen molar-refractivity contribution in [1.82, 2.24) is 14.5 Å². The molecule has 5 aromatic rings. The Labute approximate surface area is 244 Å². The van der Waals surface area contributed by atoms with Crippen LogP contribution in [0.4, 0.5) is 10.5 Å². The second kappa shape index (κ2) is 12.2. The molecule has 0 radical (unpaired) electrons. The van der Waals surface area contributed by atoms with E-state index in [1.807, 2.05) is 37.3 Å². The number of para-hydroxylation sites is 1. The van der Waals surface area contributed by atoms with Crippen LogP contribution in [0.1, 0.15) is 41.8 Å². The predicted molar refractivity (Wildman–Crippen MR) is 159 cm³/mol. The van der Waals surface area contributed by atoms with Gasteiger partial charge in [-0.2, -0.15) is 0 Å². The second-order valence-corrected chi connectivity index (χ2v) is 10.1. The Balaban J connectivity index is 1.55. The molecular formula is C31H27BrN4O5. The SMILES string of the molecule is CCOC(=O)c1ccc(NC(=O)N(Cc2ccco2)C(C)c2nc3ccccc3c(=O)n2-c2ccc(Br)cc2)cc1. The average molecular weight is 615 g/mol. The van der Waals surface area contributed by atoms with Gasteiger partial charge in [-0.25, -0.2) is 14.6 Å². The fraction of sp³-hybridized carbons (Fsp3) is 0.161. The number of ether oxygens (including phenoxy) is 1. The van der Waals surface area contributed by atoms with Gasteiger partial charge in [0, 0.05) is 10.2 Å². The van der Waals surface area contributed by atoms with E-state index in [1.165, 1.54) is 10.8 Å². The summed E-state index contributed by atoms with van der Waals surface area (Å²) in [5, 5.41) is 3.36. The molecule has 0 fully saturated rings. The smallest absolute Gasteiger partial charge is 0.338 e. The van der Waals surface area contributed by atoms with Crippen molar-refractivity contribution in [2.75, 3.05) is 11.9 Å². The zero-order valence-corrected chi connectivity index (χ0v) is 24.0. The van der Waals surface area contributed by atoms with E-state index in [9.17, 15) is 14.4 Å². The molecule has 2 amide bonds. The molecule has 5 rings (SSSR count). The normalized spacial score (nSPS) is 11.7. The zero-order valence-electron chi connectivity index (χ0n) is 22.4. The van der Waals surface area contributed by atoms with E-state index in [0.29, 0.717) is 39.4 Å². The Bertz CT molecular complexity index is 1730. The molecule has 1 unspecified atom stereocenters. The molecule has 0 bridgehead atoms. The highest BCUT2D eigenvalue weighted by Crippen LogP contribution is 2.26. The first-order valence-corrected chi connectivity index (χ1v) is 13.8. The van der Waals surface area contributed by atoms with Gasteiger partial charge in [0.05, 0.1) is 47.6 Å². The largest absolute Gasteiger partial charge is 0.467 e. The maximum Gasteiger partial charge on any atom is 0.338 e. The summed E-state index contributed by atoms with van der Waals surface area (Å²) in [5.41, 5.74) is 1.76.